The van der Waals surface area contributed by atoms with E-state index in [1.54, 1.807) is 0 Å². The first-order valence-corrected chi connectivity index (χ1v) is 6.50. The molecule has 1 heterocycles. The minimum Gasteiger partial charge on any atom is -0.355 e. The molecule has 2 atom stereocenters. The standard InChI is InChI=1S/C12H20N4/c1-3-13-12-15-14-11(16(12)4-2)10-6-8-5-9(8)7-10/h8-10H,3-7H2,1-2H3,(H,13,15). The predicted molar refractivity (Wildman–Crippen MR) is 63.4 cm³/mol. The molecular formula is C12H20N4. The summed E-state index contributed by atoms with van der Waals surface area (Å²) in [5.74, 6) is 4.85. The number of aromatic nitrogens is 3. The van der Waals surface area contributed by atoms with E-state index in [0.29, 0.717) is 5.92 Å². The number of nitrogens with one attached hydrogen (secondary N) is 1. The van der Waals surface area contributed by atoms with Crippen LogP contribution in [0.3, 0.4) is 0 Å². The van der Waals surface area contributed by atoms with E-state index in [2.05, 4.69) is 33.9 Å². The van der Waals surface area contributed by atoms with Gasteiger partial charge in [-0.3, -0.25) is 4.57 Å². The predicted octanol–water partition coefficient (Wildman–Crippen LogP) is 2.24. The van der Waals surface area contributed by atoms with Gasteiger partial charge in [0.2, 0.25) is 5.95 Å². The summed E-state index contributed by atoms with van der Waals surface area (Å²) in [5.41, 5.74) is 0. The number of hydrogen-bond acceptors (Lipinski definition) is 3. The van der Waals surface area contributed by atoms with Gasteiger partial charge in [0.25, 0.3) is 0 Å². The highest BCUT2D eigenvalue weighted by Crippen LogP contribution is 2.57. The highest BCUT2D eigenvalue weighted by molar-refractivity contribution is 5.27. The molecule has 0 radical (unpaired) electrons. The lowest BCUT2D eigenvalue weighted by molar-refractivity contribution is 0.551. The van der Waals surface area contributed by atoms with E-state index in [1.165, 1.54) is 25.1 Å². The maximum Gasteiger partial charge on any atom is 0.224 e. The van der Waals surface area contributed by atoms with Gasteiger partial charge in [0.1, 0.15) is 5.82 Å². The zero-order chi connectivity index (χ0) is 11.1. The molecule has 1 aromatic heterocycles. The molecule has 88 valence electrons. The van der Waals surface area contributed by atoms with E-state index in [1.807, 2.05) is 0 Å². The molecule has 0 aromatic carbocycles. The van der Waals surface area contributed by atoms with Crippen molar-refractivity contribution < 1.29 is 0 Å². The molecule has 2 aliphatic rings. The quantitative estimate of drug-likeness (QED) is 0.846. The Morgan fingerprint density at radius 2 is 1.94 bits per heavy atom. The van der Waals surface area contributed by atoms with Crippen molar-refractivity contribution in [2.75, 3.05) is 11.9 Å². The Morgan fingerprint density at radius 3 is 2.56 bits per heavy atom. The van der Waals surface area contributed by atoms with Crippen LogP contribution in [0.5, 0.6) is 0 Å². The maximum atomic E-state index is 4.39. The molecule has 0 spiro atoms. The fourth-order valence-corrected chi connectivity index (χ4v) is 3.14. The molecule has 1 N–H and O–H groups in total. The van der Waals surface area contributed by atoms with E-state index in [4.69, 9.17) is 0 Å². The Bertz CT molecular complexity index is 374. The average Bonchev–Trinajstić information content (AvgIpc) is 2.76. The third-order valence-corrected chi connectivity index (χ3v) is 4.04. The van der Waals surface area contributed by atoms with Crippen molar-refractivity contribution in [2.45, 2.75) is 45.6 Å². The van der Waals surface area contributed by atoms with E-state index < -0.39 is 0 Å². The monoisotopic (exact) mass is 220 g/mol. The molecule has 0 amide bonds. The van der Waals surface area contributed by atoms with Crippen LogP contribution in [0.2, 0.25) is 0 Å². The topological polar surface area (TPSA) is 42.7 Å². The maximum absolute atomic E-state index is 4.39. The van der Waals surface area contributed by atoms with Gasteiger partial charge in [0.15, 0.2) is 0 Å². The molecule has 0 saturated heterocycles. The van der Waals surface area contributed by atoms with Gasteiger partial charge in [-0.25, -0.2) is 0 Å². The van der Waals surface area contributed by atoms with Gasteiger partial charge < -0.3 is 5.32 Å². The third kappa shape index (κ3) is 1.51. The van der Waals surface area contributed by atoms with Gasteiger partial charge >= 0.3 is 0 Å². The number of anilines is 1. The Labute approximate surface area is 96.4 Å². The lowest BCUT2D eigenvalue weighted by atomic mass is 10.0. The number of rotatable bonds is 4. The van der Waals surface area contributed by atoms with Gasteiger partial charge in [0, 0.05) is 19.0 Å². The summed E-state index contributed by atoms with van der Waals surface area (Å²) in [5, 5.41) is 11.9. The summed E-state index contributed by atoms with van der Waals surface area (Å²) in [4.78, 5) is 0. The van der Waals surface area contributed by atoms with Gasteiger partial charge in [-0.1, -0.05) is 0 Å². The highest BCUT2D eigenvalue weighted by Gasteiger charge is 2.47. The van der Waals surface area contributed by atoms with Crippen molar-refractivity contribution in [3.8, 4) is 0 Å². The largest absolute Gasteiger partial charge is 0.355 e. The SMILES string of the molecule is CCNc1nnc(C2CC3CC3C2)n1CC. The smallest absolute Gasteiger partial charge is 0.224 e. The normalized spacial score (nSPS) is 31.5. The van der Waals surface area contributed by atoms with Crippen LogP contribution < -0.4 is 5.32 Å². The molecule has 4 nitrogen and oxygen atoms in total. The van der Waals surface area contributed by atoms with Crippen LogP contribution in [0.15, 0.2) is 0 Å². The van der Waals surface area contributed by atoms with Crippen LogP contribution in [0.4, 0.5) is 5.95 Å². The van der Waals surface area contributed by atoms with Crippen molar-refractivity contribution in [2.24, 2.45) is 11.8 Å². The molecule has 2 aliphatic carbocycles. The zero-order valence-corrected chi connectivity index (χ0v) is 10.1. The summed E-state index contributed by atoms with van der Waals surface area (Å²) < 4.78 is 2.25. The fraction of sp³-hybridized carbons (Fsp3) is 0.833. The van der Waals surface area contributed by atoms with Crippen molar-refractivity contribution in [1.82, 2.24) is 14.8 Å². The molecule has 4 heteroatoms. The van der Waals surface area contributed by atoms with E-state index in [0.717, 1.165) is 30.9 Å². The second-order valence-electron chi connectivity index (χ2n) is 5.08. The van der Waals surface area contributed by atoms with Crippen molar-refractivity contribution in [3.05, 3.63) is 5.82 Å². The van der Waals surface area contributed by atoms with Gasteiger partial charge in [-0.15, -0.1) is 10.2 Å². The van der Waals surface area contributed by atoms with Crippen molar-refractivity contribution in [3.63, 3.8) is 0 Å². The first-order valence-electron chi connectivity index (χ1n) is 6.50. The minimum atomic E-state index is 0.670. The molecule has 0 bridgehead atoms. The van der Waals surface area contributed by atoms with Gasteiger partial charge in [-0.2, -0.15) is 0 Å². The van der Waals surface area contributed by atoms with E-state index in [9.17, 15) is 0 Å². The second-order valence-corrected chi connectivity index (χ2v) is 5.08. The molecule has 1 aromatic rings. The third-order valence-electron chi connectivity index (χ3n) is 4.04. The molecule has 2 fully saturated rings. The fourth-order valence-electron chi connectivity index (χ4n) is 3.14. The zero-order valence-electron chi connectivity index (χ0n) is 10.1. The van der Waals surface area contributed by atoms with Crippen LogP contribution in [0.25, 0.3) is 0 Å². The molecular weight excluding hydrogens is 200 g/mol. The van der Waals surface area contributed by atoms with Gasteiger partial charge in [-0.05, 0) is 44.9 Å². The lowest BCUT2D eigenvalue weighted by Gasteiger charge is -2.13. The molecule has 16 heavy (non-hydrogen) atoms. The van der Waals surface area contributed by atoms with Crippen LogP contribution in [-0.2, 0) is 6.54 Å². The van der Waals surface area contributed by atoms with Gasteiger partial charge in [0.05, 0.1) is 0 Å². The Morgan fingerprint density at radius 1 is 1.19 bits per heavy atom. The number of fused-ring (bicyclic) bond motifs is 1. The molecule has 2 saturated carbocycles. The molecule has 3 rings (SSSR count). The van der Waals surface area contributed by atoms with Crippen LogP contribution in [-0.4, -0.2) is 21.3 Å². The van der Waals surface area contributed by atoms with Crippen molar-refractivity contribution >= 4 is 5.95 Å². The Hall–Kier alpha value is -1.06. The van der Waals surface area contributed by atoms with Crippen LogP contribution in [0.1, 0.15) is 44.9 Å². The molecule has 2 unspecified atom stereocenters. The van der Waals surface area contributed by atoms with Crippen LogP contribution in [0, 0.1) is 11.8 Å². The Balaban J connectivity index is 1.82. The summed E-state index contributed by atoms with van der Waals surface area (Å²) >= 11 is 0. The van der Waals surface area contributed by atoms with Crippen LogP contribution >= 0.6 is 0 Å². The average molecular weight is 220 g/mol. The Kier molecular flexibility index (Phi) is 2.37. The summed E-state index contributed by atoms with van der Waals surface area (Å²) in [6.45, 7) is 6.15. The second kappa shape index (κ2) is 3.75. The first kappa shape index (κ1) is 10.1. The summed E-state index contributed by atoms with van der Waals surface area (Å²) in [7, 11) is 0. The summed E-state index contributed by atoms with van der Waals surface area (Å²) in [6.07, 6.45) is 4.15. The van der Waals surface area contributed by atoms with Crippen molar-refractivity contribution in [1.29, 1.82) is 0 Å². The minimum absolute atomic E-state index is 0.670. The number of nitrogens with zero attached hydrogens (tertiary/aromatic N) is 3. The van der Waals surface area contributed by atoms with E-state index in [-0.39, 0.29) is 0 Å². The molecule has 0 aliphatic heterocycles. The lowest BCUT2D eigenvalue weighted by Crippen LogP contribution is -2.11. The highest BCUT2D eigenvalue weighted by atomic mass is 15.3. The first-order chi connectivity index (χ1) is 7.83. The van der Waals surface area contributed by atoms with E-state index >= 15 is 0 Å². The summed E-state index contributed by atoms with van der Waals surface area (Å²) in [6, 6.07) is 0. The number of hydrogen-bond donors (Lipinski definition) is 1.